The fraction of sp³-hybridized carbons (Fsp3) is 0.308. The lowest BCUT2D eigenvalue weighted by Gasteiger charge is -2.18. The predicted octanol–water partition coefficient (Wildman–Crippen LogP) is 3.17. The van der Waals surface area contributed by atoms with Gasteiger partial charge in [0, 0.05) is 16.7 Å². The monoisotopic (exact) mass is 199 g/mol. The predicted molar refractivity (Wildman–Crippen MR) is 61.6 cm³/mol. The van der Waals surface area contributed by atoms with Gasteiger partial charge >= 0.3 is 0 Å². The van der Waals surface area contributed by atoms with Gasteiger partial charge in [-0.1, -0.05) is 51.1 Å². The minimum Gasteiger partial charge on any atom is -0.281 e. The smallest absolute Gasteiger partial charge is 0.121 e. The third-order valence-corrected chi connectivity index (χ3v) is 2.40. The van der Waals surface area contributed by atoms with Crippen LogP contribution in [0.3, 0.4) is 0 Å². The highest BCUT2D eigenvalue weighted by molar-refractivity contribution is 5.65. The maximum atomic E-state index is 4.01. The normalized spacial score (nSPS) is 11.7. The van der Waals surface area contributed by atoms with Gasteiger partial charge in [0.25, 0.3) is 0 Å². The Kier molecular flexibility index (Phi) is 2.35. The number of hydrogen-bond donors (Lipinski definition) is 1. The highest BCUT2D eigenvalue weighted by Gasteiger charge is 2.20. The second kappa shape index (κ2) is 3.54. The van der Waals surface area contributed by atoms with E-state index < -0.39 is 0 Å². The first kappa shape index (κ1) is 9.97. The van der Waals surface area contributed by atoms with Gasteiger partial charge in [0.15, 0.2) is 0 Å². The Morgan fingerprint density at radius 2 is 1.80 bits per heavy atom. The largest absolute Gasteiger partial charge is 0.281 e. The van der Waals surface area contributed by atoms with E-state index in [2.05, 4.69) is 49.3 Å². The molecule has 0 amide bonds. The number of hydrogen-bond acceptors (Lipinski definition) is 1. The maximum absolute atomic E-state index is 4.01. The maximum Gasteiger partial charge on any atom is 0.121 e. The van der Waals surface area contributed by atoms with Crippen LogP contribution in [0, 0.1) is 6.20 Å². The van der Waals surface area contributed by atoms with Gasteiger partial charge < -0.3 is 0 Å². The van der Waals surface area contributed by atoms with Crippen LogP contribution in [0.5, 0.6) is 0 Å². The minimum absolute atomic E-state index is 0.0676. The summed E-state index contributed by atoms with van der Waals surface area (Å²) < 4.78 is 0. The third-order valence-electron chi connectivity index (χ3n) is 2.40. The number of nitrogens with one attached hydrogen (secondary N) is 1. The van der Waals surface area contributed by atoms with Gasteiger partial charge in [-0.05, 0) is 5.56 Å². The molecule has 1 heterocycles. The highest BCUT2D eigenvalue weighted by Crippen LogP contribution is 2.30. The van der Waals surface area contributed by atoms with Gasteiger partial charge in [0.1, 0.15) is 6.20 Å². The molecule has 0 aliphatic carbocycles. The van der Waals surface area contributed by atoms with Crippen molar-refractivity contribution in [3.63, 3.8) is 0 Å². The van der Waals surface area contributed by atoms with E-state index in [4.69, 9.17) is 0 Å². The van der Waals surface area contributed by atoms with Crippen molar-refractivity contribution in [1.29, 1.82) is 0 Å². The van der Waals surface area contributed by atoms with Crippen LogP contribution in [-0.2, 0) is 5.41 Å². The number of benzene rings is 1. The molecule has 0 fully saturated rings. The van der Waals surface area contributed by atoms with Gasteiger partial charge in [0.05, 0.1) is 0 Å². The van der Waals surface area contributed by atoms with Crippen LogP contribution in [-0.4, -0.2) is 10.2 Å². The summed E-state index contributed by atoms with van der Waals surface area (Å²) in [6, 6.07) is 10.2. The minimum atomic E-state index is 0.0676. The number of aromatic amines is 1. The first-order valence-corrected chi connectivity index (χ1v) is 5.11. The van der Waals surface area contributed by atoms with Crippen molar-refractivity contribution < 1.29 is 0 Å². The lowest BCUT2D eigenvalue weighted by molar-refractivity contribution is 0.568. The zero-order valence-electron chi connectivity index (χ0n) is 9.33. The Labute approximate surface area is 90.3 Å². The van der Waals surface area contributed by atoms with E-state index in [-0.39, 0.29) is 5.41 Å². The summed E-state index contributed by atoms with van der Waals surface area (Å²) in [5.74, 6) is 0. The molecule has 1 N–H and O–H groups in total. The number of nitrogens with zero attached hydrogens (tertiary/aromatic N) is 1. The molecule has 1 aromatic heterocycles. The van der Waals surface area contributed by atoms with Crippen molar-refractivity contribution in [3.05, 3.63) is 42.2 Å². The van der Waals surface area contributed by atoms with Crippen LogP contribution in [0.2, 0.25) is 0 Å². The number of rotatable bonds is 1. The van der Waals surface area contributed by atoms with E-state index in [0.717, 1.165) is 16.8 Å². The Morgan fingerprint density at radius 3 is 2.40 bits per heavy atom. The zero-order chi connectivity index (χ0) is 10.9. The fourth-order valence-electron chi connectivity index (χ4n) is 1.61. The summed E-state index contributed by atoms with van der Waals surface area (Å²) >= 11 is 0. The van der Waals surface area contributed by atoms with E-state index >= 15 is 0 Å². The lowest BCUT2D eigenvalue weighted by Crippen LogP contribution is -2.13. The second-order valence-electron chi connectivity index (χ2n) is 4.70. The second-order valence-corrected chi connectivity index (χ2v) is 4.70. The molecule has 2 aromatic rings. The first-order valence-electron chi connectivity index (χ1n) is 5.11. The van der Waals surface area contributed by atoms with Crippen molar-refractivity contribution in [2.75, 3.05) is 0 Å². The van der Waals surface area contributed by atoms with Crippen LogP contribution in [0.4, 0.5) is 0 Å². The summed E-state index contributed by atoms with van der Waals surface area (Å²) in [5, 5.41) is 7.05. The molecule has 0 saturated heterocycles. The van der Waals surface area contributed by atoms with Crippen LogP contribution >= 0.6 is 0 Å². The molecule has 2 heteroatoms. The van der Waals surface area contributed by atoms with E-state index in [0.29, 0.717) is 0 Å². The highest BCUT2D eigenvalue weighted by atomic mass is 15.1. The topological polar surface area (TPSA) is 28.7 Å². The molecular weight excluding hydrogens is 184 g/mol. The first-order chi connectivity index (χ1) is 7.09. The van der Waals surface area contributed by atoms with Gasteiger partial charge in [-0.25, -0.2) is 0 Å². The molecule has 0 unspecified atom stereocenters. The van der Waals surface area contributed by atoms with Crippen molar-refractivity contribution in [2.24, 2.45) is 0 Å². The van der Waals surface area contributed by atoms with E-state index in [1.165, 1.54) is 0 Å². The summed E-state index contributed by atoms with van der Waals surface area (Å²) in [6.45, 7) is 6.50. The number of H-pyrrole nitrogens is 1. The fourth-order valence-corrected chi connectivity index (χ4v) is 1.61. The van der Waals surface area contributed by atoms with Crippen molar-refractivity contribution in [1.82, 2.24) is 10.2 Å². The molecule has 2 rings (SSSR count). The van der Waals surface area contributed by atoms with Crippen molar-refractivity contribution >= 4 is 0 Å². The molecule has 0 atom stereocenters. The van der Waals surface area contributed by atoms with Crippen LogP contribution in [0.1, 0.15) is 26.5 Å². The molecule has 0 saturated carbocycles. The van der Waals surface area contributed by atoms with Crippen LogP contribution in [0.15, 0.2) is 30.3 Å². The quantitative estimate of drug-likeness (QED) is 0.750. The summed E-state index contributed by atoms with van der Waals surface area (Å²) in [7, 11) is 0. The molecule has 77 valence electrons. The summed E-state index contributed by atoms with van der Waals surface area (Å²) in [6.07, 6.45) is 3.02. The van der Waals surface area contributed by atoms with Gasteiger partial charge in [-0.15, -0.1) is 0 Å². The SMILES string of the molecule is CC(C)(C)c1[nH]n[c]c1-c1ccccc1. The molecule has 0 bridgehead atoms. The summed E-state index contributed by atoms with van der Waals surface area (Å²) in [5.41, 5.74) is 3.44. The van der Waals surface area contributed by atoms with E-state index in [1.54, 1.807) is 0 Å². The number of aromatic nitrogens is 2. The summed E-state index contributed by atoms with van der Waals surface area (Å²) in [4.78, 5) is 0. The molecule has 1 radical (unpaired) electrons. The van der Waals surface area contributed by atoms with Crippen LogP contribution in [0.25, 0.3) is 11.1 Å². The Hall–Kier alpha value is -1.57. The lowest BCUT2D eigenvalue weighted by atomic mass is 9.87. The molecule has 2 nitrogen and oxygen atoms in total. The average molecular weight is 199 g/mol. The van der Waals surface area contributed by atoms with E-state index in [1.807, 2.05) is 18.2 Å². The molecule has 0 aliphatic rings. The van der Waals surface area contributed by atoms with Gasteiger partial charge in [-0.3, -0.25) is 5.10 Å². The molecule has 0 aliphatic heterocycles. The third kappa shape index (κ3) is 1.94. The Bertz CT molecular complexity index is 435. The standard InChI is InChI=1S/C13H15N2/c1-13(2,3)12-11(9-14-15-12)10-7-5-4-6-8-10/h4-8H,1-3H3,(H,14,15). The van der Waals surface area contributed by atoms with Gasteiger partial charge in [-0.2, -0.15) is 5.10 Å². The van der Waals surface area contributed by atoms with Crippen molar-refractivity contribution in [2.45, 2.75) is 26.2 Å². The molecular formula is C13H15N2. The Balaban J connectivity index is 2.51. The molecule has 0 spiro atoms. The Morgan fingerprint density at radius 1 is 1.13 bits per heavy atom. The zero-order valence-corrected chi connectivity index (χ0v) is 9.33. The molecule has 1 aromatic carbocycles. The van der Waals surface area contributed by atoms with Crippen molar-refractivity contribution in [3.8, 4) is 11.1 Å². The van der Waals surface area contributed by atoms with Crippen LogP contribution < -0.4 is 0 Å². The van der Waals surface area contributed by atoms with E-state index in [9.17, 15) is 0 Å². The molecule has 15 heavy (non-hydrogen) atoms. The average Bonchev–Trinajstić information content (AvgIpc) is 2.67. The van der Waals surface area contributed by atoms with Gasteiger partial charge in [0.2, 0.25) is 0 Å².